The number of hydrogen-bond acceptors (Lipinski definition) is 5. The van der Waals surface area contributed by atoms with E-state index in [2.05, 4.69) is 27.0 Å². The van der Waals surface area contributed by atoms with Crippen molar-refractivity contribution in [1.82, 2.24) is 20.9 Å². The van der Waals surface area contributed by atoms with E-state index in [-0.39, 0.29) is 23.9 Å². The predicted octanol–water partition coefficient (Wildman–Crippen LogP) is 1.42. The molecule has 0 spiro atoms. The number of carboxylic acids is 1. The van der Waals surface area contributed by atoms with Gasteiger partial charge in [-0.2, -0.15) is 5.26 Å². The molecule has 2 heterocycles. The molecule has 2 aliphatic rings. The zero-order valence-corrected chi connectivity index (χ0v) is 18.6. The van der Waals surface area contributed by atoms with Crippen LogP contribution in [-0.4, -0.2) is 52.4 Å². The summed E-state index contributed by atoms with van der Waals surface area (Å²) >= 11 is 0. The molecule has 3 amide bonds. The van der Waals surface area contributed by atoms with Gasteiger partial charge < -0.3 is 26.0 Å². The number of H-pyrrole nitrogens is 1. The topological polar surface area (TPSA) is 164 Å². The maximum atomic E-state index is 13.0. The van der Waals surface area contributed by atoms with Crippen LogP contribution in [0.5, 0.6) is 0 Å². The molecule has 3 atom stereocenters. The minimum atomic E-state index is -1.23. The van der Waals surface area contributed by atoms with Crippen molar-refractivity contribution in [2.24, 2.45) is 11.8 Å². The molecular formula is C24H27N5O5. The monoisotopic (exact) mass is 465 g/mol. The number of hydrogen-bond donors (Lipinski definition) is 5. The van der Waals surface area contributed by atoms with E-state index in [1.165, 1.54) is 0 Å². The zero-order chi connectivity index (χ0) is 24.2. The van der Waals surface area contributed by atoms with E-state index in [0.29, 0.717) is 35.9 Å². The maximum Gasteiger partial charge on any atom is 0.326 e. The van der Waals surface area contributed by atoms with Gasteiger partial charge in [0.05, 0.1) is 11.6 Å². The first-order valence-electron chi connectivity index (χ1n) is 11.5. The lowest BCUT2D eigenvalue weighted by atomic mass is 9.91. The van der Waals surface area contributed by atoms with Crippen molar-refractivity contribution in [2.75, 3.05) is 6.54 Å². The van der Waals surface area contributed by atoms with Gasteiger partial charge in [0.2, 0.25) is 11.8 Å². The summed E-state index contributed by atoms with van der Waals surface area (Å²) in [5.74, 6) is -2.71. The van der Waals surface area contributed by atoms with Gasteiger partial charge in [0, 0.05) is 23.4 Å². The third-order valence-corrected chi connectivity index (χ3v) is 6.45. The van der Waals surface area contributed by atoms with Crippen LogP contribution >= 0.6 is 0 Å². The van der Waals surface area contributed by atoms with Gasteiger partial charge in [-0.1, -0.05) is 18.9 Å². The van der Waals surface area contributed by atoms with Crippen LogP contribution in [0.25, 0.3) is 10.9 Å². The summed E-state index contributed by atoms with van der Waals surface area (Å²) in [6, 6.07) is 6.62. The van der Waals surface area contributed by atoms with Crippen LogP contribution in [0, 0.1) is 23.2 Å². The first-order valence-corrected chi connectivity index (χ1v) is 11.5. The highest BCUT2D eigenvalue weighted by Crippen LogP contribution is 2.33. The smallest absolute Gasteiger partial charge is 0.326 e. The predicted molar refractivity (Wildman–Crippen MR) is 122 cm³/mol. The number of aromatic amines is 1. The number of carbonyl (C=O) groups excluding carboxylic acids is 3. The lowest BCUT2D eigenvalue weighted by Gasteiger charge is -2.26. The lowest BCUT2D eigenvalue weighted by Crippen LogP contribution is -2.53. The highest BCUT2D eigenvalue weighted by atomic mass is 16.4. The Bertz CT molecular complexity index is 1160. The van der Waals surface area contributed by atoms with Crippen molar-refractivity contribution in [2.45, 2.75) is 50.6 Å². The third kappa shape index (κ3) is 5.36. The van der Waals surface area contributed by atoms with Gasteiger partial charge in [-0.25, -0.2) is 4.79 Å². The minimum Gasteiger partial charge on any atom is -0.480 e. The molecule has 0 radical (unpaired) electrons. The Hall–Kier alpha value is -3.87. The molecule has 1 aromatic carbocycles. The molecule has 2 aromatic rings. The molecule has 178 valence electrons. The molecule has 5 N–H and O–H groups in total. The van der Waals surface area contributed by atoms with Crippen LogP contribution in [0.3, 0.4) is 0 Å². The number of piperidine rings is 1. The van der Waals surface area contributed by atoms with E-state index in [4.69, 9.17) is 0 Å². The summed E-state index contributed by atoms with van der Waals surface area (Å²) in [6.07, 6.45) is 3.62. The molecule has 0 bridgehead atoms. The number of amides is 3. The van der Waals surface area contributed by atoms with Crippen LogP contribution in [0.15, 0.2) is 24.3 Å². The second-order valence-corrected chi connectivity index (χ2v) is 9.03. The SMILES string of the molecule is N#Cc1cccc2[nH]c(C(=O)NC(CC3CC3)C(=O)NC(CC3CCCNC3=O)C(=O)O)cc12. The molecule has 1 aliphatic carbocycles. The van der Waals surface area contributed by atoms with E-state index in [0.717, 1.165) is 19.3 Å². The second kappa shape index (κ2) is 9.95. The lowest BCUT2D eigenvalue weighted by molar-refractivity contribution is -0.143. The van der Waals surface area contributed by atoms with E-state index in [1.807, 2.05) is 0 Å². The van der Waals surface area contributed by atoms with Crippen LogP contribution in [0.1, 0.15) is 54.6 Å². The summed E-state index contributed by atoms with van der Waals surface area (Å²) in [7, 11) is 0. The molecule has 3 unspecified atom stereocenters. The van der Waals surface area contributed by atoms with Crippen LogP contribution in [-0.2, 0) is 14.4 Å². The van der Waals surface area contributed by atoms with Gasteiger partial charge >= 0.3 is 5.97 Å². The van der Waals surface area contributed by atoms with Gasteiger partial charge in [0.1, 0.15) is 17.8 Å². The van der Waals surface area contributed by atoms with Gasteiger partial charge in [-0.05, 0) is 49.8 Å². The second-order valence-electron chi connectivity index (χ2n) is 9.03. The fraction of sp³-hybridized carbons (Fsp3) is 0.458. The summed E-state index contributed by atoms with van der Waals surface area (Å²) in [4.78, 5) is 52.8. The fourth-order valence-corrected chi connectivity index (χ4v) is 4.37. The van der Waals surface area contributed by atoms with Crippen molar-refractivity contribution < 1.29 is 24.3 Å². The maximum absolute atomic E-state index is 13.0. The van der Waals surface area contributed by atoms with Crippen molar-refractivity contribution in [3.8, 4) is 6.07 Å². The number of nitrogens with zero attached hydrogens (tertiary/aromatic N) is 1. The van der Waals surface area contributed by atoms with Gasteiger partial charge in [-0.15, -0.1) is 0 Å². The highest BCUT2D eigenvalue weighted by Gasteiger charge is 2.35. The molecule has 10 nitrogen and oxygen atoms in total. The van der Waals surface area contributed by atoms with E-state index in [9.17, 15) is 29.5 Å². The average molecular weight is 466 g/mol. The summed E-state index contributed by atoms with van der Waals surface area (Å²) < 4.78 is 0. The standard InChI is InChI=1S/C24H27N5O5/c25-12-15-3-1-5-17-16(15)11-19(27-17)23(32)28-18(9-13-6-7-13)22(31)29-20(24(33)34)10-14-4-2-8-26-21(14)30/h1,3,5,11,13-14,18,20,27H,2,4,6-10H2,(H,26,30)(H,28,32)(H,29,31)(H,33,34). The minimum absolute atomic E-state index is 0.00401. The Kier molecular flexibility index (Phi) is 6.82. The molecule has 1 aliphatic heterocycles. The van der Waals surface area contributed by atoms with Crippen LogP contribution < -0.4 is 16.0 Å². The number of rotatable bonds is 9. The highest BCUT2D eigenvalue weighted by molar-refractivity contribution is 6.01. The van der Waals surface area contributed by atoms with Crippen molar-refractivity contribution >= 4 is 34.6 Å². The summed E-state index contributed by atoms with van der Waals surface area (Å²) in [5.41, 5.74) is 1.26. The Morgan fingerprint density at radius 1 is 1.15 bits per heavy atom. The molecule has 34 heavy (non-hydrogen) atoms. The molecule has 10 heteroatoms. The normalized spacial score (nSPS) is 19.5. The van der Waals surface area contributed by atoms with Crippen LogP contribution in [0.2, 0.25) is 0 Å². The number of nitrogens with one attached hydrogen (secondary N) is 4. The average Bonchev–Trinajstić information content (AvgIpc) is 3.52. The van der Waals surface area contributed by atoms with E-state index in [1.54, 1.807) is 24.3 Å². The van der Waals surface area contributed by atoms with Gasteiger partial charge in [-0.3, -0.25) is 14.4 Å². The largest absolute Gasteiger partial charge is 0.480 e. The Morgan fingerprint density at radius 3 is 2.62 bits per heavy atom. The first kappa shape index (κ1) is 23.3. The quantitative estimate of drug-likeness (QED) is 0.376. The van der Waals surface area contributed by atoms with Crippen molar-refractivity contribution in [3.05, 3.63) is 35.5 Å². The molecule has 1 aromatic heterocycles. The van der Waals surface area contributed by atoms with Crippen molar-refractivity contribution in [1.29, 1.82) is 5.26 Å². The number of carbonyl (C=O) groups is 4. The summed E-state index contributed by atoms with van der Waals surface area (Å²) in [5, 5.41) is 27.5. The number of carboxylic acid groups (broad SMARTS) is 1. The number of nitriles is 1. The van der Waals surface area contributed by atoms with Crippen LogP contribution in [0.4, 0.5) is 0 Å². The molecule has 1 saturated heterocycles. The number of fused-ring (bicyclic) bond motifs is 1. The van der Waals surface area contributed by atoms with Gasteiger partial charge in [0.25, 0.3) is 5.91 Å². The molecular weight excluding hydrogens is 438 g/mol. The van der Waals surface area contributed by atoms with Crippen molar-refractivity contribution in [3.63, 3.8) is 0 Å². The Balaban J connectivity index is 1.46. The molecule has 1 saturated carbocycles. The van der Waals surface area contributed by atoms with E-state index < -0.39 is 35.8 Å². The first-order chi connectivity index (χ1) is 16.4. The number of aromatic nitrogens is 1. The summed E-state index contributed by atoms with van der Waals surface area (Å²) in [6.45, 7) is 0.568. The molecule has 4 rings (SSSR count). The fourth-order valence-electron chi connectivity index (χ4n) is 4.37. The number of aliphatic carboxylic acids is 1. The third-order valence-electron chi connectivity index (χ3n) is 6.45. The molecule has 2 fully saturated rings. The van der Waals surface area contributed by atoms with E-state index >= 15 is 0 Å². The zero-order valence-electron chi connectivity index (χ0n) is 18.6. The number of benzene rings is 1. The Labute approximate surface area is 196 Å². The van der Waals surface area contributed by atoms with Gasteiger partial charge in [0.15, 0.2) is 0 Å². The Morgan fingerprint density at radius 2 is 1.94 bits per heavy atom.